The van der Waals surface area contributed by atoms with Crippen LogP contribution in [0.2, 0.25) is 0 Å². The van der Waals surface area contributed by atoms with Crippen LogP contribution in [-0.4, -0.2) is 18.6 Å². The van der Waals surface area contributed by atoms with Gasteiger partial charge in [0.05, 0.1) is 17.1 Å². The Hall–Kier alpha value is -0.420. The molecule has 0 aliphatic rings. The normalized spacial score (nSPS) is 11.7. The molecule has 1 aromatic heterocycles. The zero-order valence-electron chi connectivity index (χ0n) is 10.7. The molecule has 10 heteroatoms. The van der Waals surface area contributed by atoms with Gasteiger partial charge in [0.25, 0.3) is 10.0 Å². The average molecular weight is 503 g/mol. The van der Waals surface area contributed by atoms with Crippen molar-refractivity contribution in [1.82, 2.24) is 10.2 Å². The number of benzene rings is 1. The fourth-order valence-corrected chi connectivity index (χ4v) is 5.99. The molecule has 1 heterocycles. The highest BCUT2D eigenvalue weighted by atomic mass is 79.9. The summed E-state index contributed by atoms with van der Waals surface area (Å²) in [5.74, 6) is 0. The molecule has 1 aromatic carbocycles. The number of hydrogen-bond donors (Lipinski definition) is 3. The van der Waals surface area contributed by atoms with E-state index < -0.39 is 10.0 Å². The van der Waals surface area contributed by atoms with E-state index in [0.29, 0.717) is 26.0 Å². The second-order valence-corrected chi connectivity index (χ2v) is 8.42. The summed E-state index contributed by atoms with van der Waals surface area (Å²) in [4.78, 5) is 0.0757. The van der Waals surface area contributed by atoms with Crippen molar-refractivity contribution < 1.29 is 8.42 Å². The van der Waals surface area contributed by atoms with Gasteiger partial charge in [-0.15, -0.1) is 0 Å². The molecule has 0 unspecified atom stereocenters. The zero-order valence-corrected chi connectivity index (χ0v) is 16.3. The number of nitrogens with one attached hydrogen (secondary N) is 2. The molecule has 0 atom stereocenters. The predicted molar refractivity (Wildman–Crippen MR) is 91.6 cm³/mol. The van der Waals surface area contributed by atoms with Gasteiger partial charge in [-0.2, -0.15) is 5.10 Å². The molecule has 6 nitrogen and oxygen atoms in total. The summed E-state index contributed by atoms with van der Waals surface area (Å²) in [5, 5.41) is 6.54. The standard InChI is InChI=1S/C11H11Br3N4O2S/c1-5-11(9(4-15)17-16-5)21(19,20)18-10-7(13)2-6(12)3-8(10)14/h2-3,18H,4,15H2,1H3,(H,16,17). The summed E-state index contributed by atoms with van der Waals surface area (Å²) < 4.78 is 29.7. The average Bonchev–Trinajstić information content (AvgIpc) is 2.76. The predicted octanol–water partition coefficient (Wildman–Crippen LogP) is 3.27. The highest BCUT2D eigenvalue weighted by Crippen LogP contribution is 2.36. The minimum absolute atomic E-state index is 0.0310. The number of nitrogens with two attached hydrogens (primary N) is 1. The van der Waals surface area contributed by atoms with Crippen molar-refractivity contribution in [3.8, 4) is 0 Å². The first-order valence-corrected chi connectivity index (χ1v) is 9.53. The molecular weight excluding hydrogens is 492 g/mol. The number of sulfonamides is 1. The van der Waals surface area contributed by atoms with Crippen LogP contribution >= 0.6 is 47.8 Å². The van der Waals surface area contributed by atoms with Crippen LogP contribution in [0.1, 0.15) is 11.4 Å². The summed E-state index contributed by atoms with van der Waals surface area (Å²) in [5.41, 5.74) is 6.67. The third-order valence-corrected chi connectivity index (χ3v) is 5.93. The van der Waals surface area contributed by atoms with Gasteiger partial charge in [0, 0.05) is 20.0 Å². The third kappa shape index (κ3) is 3.50. The number of halogens is 3. The largest absolute Gasteiger partial charge is 0.325 e. The number of H-pyrrole nitrogens is 1. The zero-order chi connectivity index (χ0) is 15.8. The van der Waals surface area contributed by atoms with E-state index in [0.717, 1.165) is 4.47 Å². The van der Waals surface area contributed by atoms with Gasteiger partial charge < -0.3 is 5.73 Å². The summed E-state index contributed by atoms with van der Waals surface area (Å²) in [6.07, 6.45) is 0. The van der Waals surface area contributed by atoms with Crippen molar-refractivity contribution in [3.63, 3.8) is 0 Å². The molecule has 0 amide bonds. The molecule has 0 saturated heterocycles. The van der Waals surface area contributed by atoms with E-state index in [9.17, 15) is 8.42 Å². The van der Waals surface area contributed by atoms with Crippen LogP contribution in [0.15, 0.2) is 30.4 Å². The Kier molecular flexibility index (Phi) is 5.14. The van der Waals surface area contributed by atoms with Gasteiger partial charge in [-0.05, 0) is 50.9 Å². The molecule has 2 aromatic rings. The van der Waals surface area contributed by atoms with E-state index in [2.05, 4.69) is 62.7 Å². The monoisotopic (exact) mass is 500 g/mol. The van der Waals surface area contributed by atoms with E-state index in [1.54, 1.807) is 19.1 Å². The number of anilines is 1. The van der Waals surface area contributed by atoms with Gasteiger partial charge in [0.2, 0.25) is 0 Å². The van der Waals surface area contributed by atoms with Crippen molar-refractivity contribution in [2.24, 2.45) is 5.73 Å². The van der Waals surface area contributed by atoms with Gasteiger partial charge in [0.1, 0.15) is 4.90 Å². The minimum atomic E-state index is -3.80. The molecule has 114 valence electrons. The van der Waals surface area contributed by atoms with Crippen LogP contribution < -0.4 is 10.5 Å². The lowest BCUT2D eigenvalue weighted by Gasteiger charge is -2.12. The van der Waals surface area contributed by atoms with E-state index in [1.807, 2.05) is 0 Å². The van der Waals surface area contributed by atoms with Crippen LogP contribution in [0.5, 0.6) is 0 Å². The number of aryl methyl sites for hydroxylation is 1. The molecule has 0 bridgehead atoms. The van der Waals surface area contributed by atoms with Crippen LogP contribution in [0.25, 0.3) is 0 Å². The smallest absolute Gasteiger partial charge is 0.265 e. The van der Waals surface area contributed by atoms with Crippen molar-refractivity contribution in [2.45, 2.75) is 18.4 Å². The molecule has 0 aliphatic heterocycles. The second-order valence-electron chi connectivity index (χ2n) is 4.18. The molecule has 0 saturated carbocycles. The van der Waals surface area contributed by atoms with Crippen LogP contribution in [0.3, 0.4) is 0 Å². The Morgan fingerprint density at radius 2 is 1.86 bits per heavy atom. The molecule has 4 N–H and O–H groups in total. The molecule has 0 aliphatic carbocycles. The fraction of sp³-hybridized carbons (Fsp3) is 0.182. The fourth-order valence-electron chi connectivity index (χ4n) is 1.79. The van der Waals surface area contributed by atoms with Crippen molar-refractivity contribution in [3.05, 3.63) is 36.9 Å². The number of hydrogen-bond acceptors (Lipinski definition) is 4. The Balaban J connectivity index is 2.50. The van der Waals surface area contributed by atoms with Gasteiger partial charge in [-0.3, -0.25) is 9.82 Å². The van der Waals surface area contributed by atoms with E-state index >= 15 is 0 Å². The quantitative estimate of drug-likeness (QED) is 0.597. The Morgan fingerprint density at radius 1 is 1.29 bits per heavy atom. The van der Waals surface area contributed by atoms with Gasteiger partial charge in [-0.25, -0.2) is 8.42 Å². The Morgan fingerprint density at radius 3 is 2.38 bits per heavy atom. The number of aromatic amines is 1. The topological polar surface area (TPSA) is 101 Å². The highest BCUT2D eigenvalue weighted by molar-refractivity contribution is 9.11. The lowest BCUT2D eigenvalue weighted by molar-refractivity contribution is 0.599. The van der Waals surface area contributed by atoms with Crippen molar-refractivity contribution in [1.29, 1.82) is 0 Å². The van der Waals surface area contributed by atoms with Crippen molar-refractivity contribution in [2.75, 3.05) is 4.72 Å². The van der Waals surface area contributed by atoms with Gasteiger partial charge in [-0.1, -0.05) is 15.9 Å². The first-order chi connectivity index (χ1) is 9.76. The number of aromatic nitrogens is 2. The molecule has 0 fully saturated rings. The Labute approximate surface area is 147 Å². The molecule has 0 radical (unpaired) electrons. The van der Waals surface area contributed by atoms with Crippen LogP contribution in [0.4, 0.5) is 5.69 Å². The van der Waals surface area contributed by atoms with Crippen molar-refractivity contribution >= 4 is 63.5 Å². The molecule has 0 spiro atoms. The summed E-state index contributed by atoms with van der Waals surface area (Å²) in [6, 6.07) is 3.49. The van der Waals surface area contributed by atoms with Gasteiger partial charge in [0.15, 0.2) is 0 Å². The maximum Gasteiger partial charge on any atom is 0.265 e. The number of nitrogens with zero attached hydrogens (tertiary/aromatic N) is 1. The maximum absolute atomic E-state index is 12.6. The van der Waals surface area contributed by atoms with Crippen LogP contribution in [-0.2, 0) is 16.6 Å². The summed E-state index contributed by atoms with van der Waals surface area (Å²) >= 11 is 10.00. The van der Waals surface area contributed by atoms with E-state index in [-0.39, 0.29) is 11.4 Å². The lowest BCUT2D eigenvalue weighted by Crippen LogP contribution is -2.17. The first kappa shape index (κ1) is 16.9. The SMILES string of the molecule is Cc1[nH]nc(CN)c1S(=O)(=O)Nc1c(Br)cc(Br)cc1Br. The van der Waals surface area contributed by atoms with E-state index in [4.69, 9.17) is 5.73 Å². The molecular formula is C11H11Br3N4O2S. The Bertz CT molecular complexity index is 766. The van der Waals surface area contributed by atoms with Crippen LogP contribution in [0, 0.1) is 6.92 Å². The maximum atomic E-state index is 12.6. The summed E-state index contributed by atoms with van der Waals surface area (Å²) in [6.45, 7) is 1.66. The molecule has 2 rings (SSSR count). The highest BCUT2D eigenvalue weighted by Gasteiger charge is 2.25. The second kappa shape index (κ2) is 6.37. The first-order valence-electron chi connectivity index (χ1n) is 5.67. The number of rotatable bonds is 4. The van der Waals surface area contributed by atoms with Gasteiger partial charge >= 0.3 is 0 Å². The lowest BCUT2D eigenvalue weighted by atomic mass is 10.3. The third-order valence-electron chi connectivity index (χ3n) is 2.67. The summed E-state index contributed by atoms with van der Waals surface area (Å²) in [7, 11) is -3.80. The molecule has 21 heavy (non-hydrogen) atoms. The van der Waals surface area contributed by atoms with E-state index in [1.165, 1.54) is 0 Å². The minimum Gasteiger partial charge on any atom is -0.325 e.